The second-order valence-electron chi connectivity index (χ2n) is 5.07. The lowest BCUT2D eigenvalue weighted by atomic mass is 10.0. The summed E-state index contributed by atoms with van der Waals surface area (Å²) in [7, 11) is 0. The molecule has 1 heterocycles. The summed E-state index contributed by atoms with van der Waals surface area (Å²) in [5.41, 5.74) is 0.434. The number of nitrogens with zero attached hydrogens (tertiary/aromatic N) is 1. The van der Waals surface area contributed by atoms with E-state index in [9.17, 15) is 15.0 Å². The highest BCUT2D eigenvalue weighted by atomic mass is 16.4. The molecule has 20 heavy (non-hydrogen) atoms. The number of hydrogen-bond donors (Lipinski definition) is 3. The number of carboxylic acids is 1. The van der Waals surface area contributed by atoms with E-state index in [1.807, 2.05) is 31.2 Å². The average molecular weight is 274 g/mol. The van der Waals surface area contributed by atoms with Gasteiger partial charge in [-0.15, -0.1) is 0 Å². The summed E-state index contributed by atoms with van der Waals surface area (Å²) < 4.78 is 0. The Morgan fingerprint density at radius 1 is 1.40 bits per heavy atom. The molecule has 0 amide bonds. The van der Waals surface area contributed by atoms with Gasteiger partial charge < -0.3 is 15.5 Å². The number of carbonyl (C=O) groups is 1. The molecule has 0 aliphatic heterocycles. The molecule has 5 heteroatoms. The van der Waals surface area contributed by atoms with E-state index in [1.165, 1.54) is 6.20 Å². The number of hydrogen-bond acceptors (Lipinski definition) is 4. The second kappa shape index (κ2) is 5.46. The van der Waals surface area contributed by atoms with Crippen LogP contribution in [0.25, 0.3) is 10.9 Å². The molecule has 2 aromatic rings. The normalized spacial score (nSPS) is 13.9. The van der Waals surface area contributed by atoms with Gasteiger partial charge in [0.15, 0.2) is 0 Å². The summed E-state index contributed by atoms with van der Waals surface area (Å²) in [6.45, 7) is 3.87. The lowest BCUT2D eigenvalue weighted by Gasteiger charge is -2.23. The van der Waals surface area contributed by atoms with Crippen LogP contribution in [0.1, 0.15) is 30.6 Å². The third-order valence-corrected chi connectivity index (χ3v) is 3.41. The molecule has 1 aromatic heterocycles. The number of pyridine rings is 1. The fourth-order valence-corrected chi connectivity index (χ4v) is 1.90. The third-order valence-electron chi connectivity index (χ3n) is 3.41. The number of aromatic carboxylic acids is 1. The van der Waals surface area contributed by atoms with E-state index >= 15 is 0 Å². The number of rotatable bonds is 5. The molecule has 0 radical (unpaired) electrons. The van der Waals surface area contributed by atoms with Crippen LogP contribution >= 0.6 is 0 Å². The van der Waals surface area contributed by atoms with Crippen LogP contribution in [0, 0.1) is 0 Å². The lowest BCUT2D eigenvalue weighted by molar-refractivity contribution is 0.0678. The summed E-state index contributed by atoms with van der Waals surface area (Å²) in [6, 6.07) is 7.32. The highest BCUT2D eigenvalue weighted by molar-refractivity contribution is 6.04. The lowest BCUT2D eigenvalue weighted by Crippen LogP contribution is -2.32. The Balaban J connectivity index is 2.47. The van der Waals surface area contributed by atoms with Gasteiger partial charge in [-0.05, 0) is 19.4 Å². The highest BCUT2D eigenvalue weighted by Crippen LogP contribution is 2.26. The minimum atomic E-state index is -1.04. The predicted octanol–water partition coefficient (Wildman–Crippen LogP) is 2.51. The number of anilines is 1. The van der Waals surface area contributed by atoms with E-state index in [1.54, 1.807) is 6.92 Å². The molecule has 0 aliphatic rings. The highest BCUT2D eigenvalue weighted by Gasteiger charge is 2.20. The molecule has 1 aromatic carbocycles. The summed E-state index contributed by atoms with van der Waals surface area (Å²) >= 11 is 0. The first-order chi connectivity index (χ1) is 9.44. The topological polar surface area (TPSA) is 82.5 Å². The molecule has 1 atom stereocenters. The number of carboxylic acid groups (broad SMARTS) is 1. The largest absolute Gasteiger partial charge is 0.478 e. The maximum absolute atomic E-state index is 11.3. The van der Waals surface area contributed by atoms with Gasteiger partial charge in [-0.2, -0.15) is 0 Å². The number of nitrogens with one attached hydrogen (secondary N) is 1. The van der Waals surface area contributed by atoms with Crippen LogP contribution in [0.4, 0.5) is 5.69 Å². The molecular weight excluding hydrogens is 256 g/mol. The summed E-state index contributed by atoms with van der Waals surface area (Å²) in [5, 5.41) is 23.1. The fraction of sp³-hybridized carbons (Fsp3) is 0.333. The van der Waals surface area contributed by atoms with Gasteiger partial charge in [0.2, 0.25) is 0 Å². The van der Waals surface area contributed by atoms with Crippen LogP contribution in [-0.2, 0) is 0 Å². The molecule has 2 rings (SSSR count). The van der Waals surface area contributed by atoms with E-state index in [0.29, 0.717) is 12.1 Å². The number of aliphatic hydroxyl groups is 1. The number of aromatic nitrogens is 1. The summed E-state index contributed by atoms with van der Waals surface area (Å²) in [5.74, 6) is -1.04. The smallest absolute Gasteiger partial charge is 0.339 e. The first kappa shape index (κ1) is 14.3. The van der Waals surface area contributed by atoms with Gasteiger partial charge in [-0.1, -0.05) is 25.1 Å². The average Bonchev–Trinajstić information content (AvgIpc) is 2.44. The zero-order valence-corrected chi connectivity index (χ0v) is 11.6. The third kappa shape index (κ3) is 2.88. The Kier molecular flexibility index (Phi) is 3.90. The zero-order chi connectivity index (χ0) is 14.8. The van der Waals surface area contributed by atoms with Crippen LogP contribution in [0.15, 0.2) is 30.5 Å². The van der Waals surface area contributed by atoms with Crippen LogP contribution < -0.4 is 5.32 Å². The van der Waals surface area contributed by atoms with Crippen molar-refractivity contribution in [1.82, 2.24) is 4.98 Å². The van der Waals surface area contributed by atoms with E-state index < -0.39 is 11.6 Å². The van der Waals surface area contributed by atoms with Crippen molar-refractivity contribution in [3.63, 3.8) is 0 Å². The molecule has 1 unspecified atom stereocenters. The van der Waals surface area contributed by atoms with Crippen LogP contribution in [0.5, 0.6) is 0 Å². The Morgan fingerprint density at radius 2 is 2.10 bits per heavy atom. The number of benzene rings is 1. The Hall–Kier alpha value is -2.14. The van der Waals surface area contributed by atoms with Crippen molar-refractivity contribution in [2.24, 2.45) is 0 Å². The van der Waals surface area contributed by atoms with Gasteiger partial charge >= 0.3 is 5.97 Å². The van der Waals surface area contributed by atoms with E-state index in [2.05, 4.69) is 10.3 Å². The fourth-order valence-electron chi connectivity index (χ4n) is 1.90. The molecule has 0 aliphatic carbocycles. The predicted molar refractivity (Wildman–Crippen MR) is 78.1 cm³/mol. The Bertz CT molecular complexity index is 638. The molecule has 0 saturated heterocycles. The monoisotopic (exact) mass is 274 g/mol. The van der Waals surface area contributed by atoms with Crippen molar-refractivity contribution in [1.29, 1.82) is 0 Å². The van der Waals surface area contributed by atoms with Gasteiger partial charge in [0.05, 0.1) is 16.8 Å². The van der Waals surface area contributed by atoms with Crippen LogP contribution in [0.2, 0.25) is 0 Å². The molecule has 0 bridgehead atoms. The Labute approximate surface area is 117 Å². The summed E-state index contributed by atoms with van der Waals surface area (Å²) in [4.78, 5) is 15.5. The molecule has 106 valence electrons. The molecule has 3 N–H and O–H groups in total. The van der Waals surface area contributed by atoms with E-state index in [-0.39, 0.29) is 12.1 Å². The zero-order valence-electron chi connectivity index (χ0n) is 11.6. The van der Waals surface area contributed by atoms with E-state index in [0.717, 1.165) is 10.9 Å². The number of para-hydroxylation sites is 1. The van der Waals surface area contributed by atoms with Crippen molar-refractivity contribution in [3.8, 4) is 0 Å². The quantitative estimate of drug-likeness (QED) is 0.780. The first-order valence-corrected chi connectivity index (χ1v) is 6.52. The molecule has 0 saturated carbocycles. The van der Waals surface area contributed by atoms with Crippen molar-refractivity contribution in [2.75, 3.05) is 11.9 Å². The molecule has 0 fully saturated rings. The minimum Gasteiger partial charge on any atom is -0.478 e. The molecule has 5 nitrogen and oxygen atoms in total. The standard InChI is InChI=1S/C15H18N2O3/c1-3-15(2,20)9-17-13-10-6-4-5-7-12(10)16-8-11(13)14(18)19/h4-8,20H,3,9H2,1-2H3,(H,16,17)(H,18,19). The molecule has 0 spiro atoms. The van der Waals surface area contributed by atoms with Crippen molar-refractivity contribution in [2.45, 2.75) is 25.9 Å². The van der Waals surface area contributed by atoms with Crippen LogP contribution in [-0.4, -0.2) is 33.3 Å². The van der Waals surface area contributed by atoms with Gasteiger partial charge in [0, 0.05) is 18.1 Å². The van der Waals surface area contributed by atoms with E-state index in [4.69, 9.17) is 0 Å². The van der Waals surface area contributed by atoms with Crippen LogP contribution in [0.3, 0.4) is 0 Å². The van der Waals surface area contributed by atoms with Crippen molar-refractivity contribution >= 4 is 22.6 Å². The van der Waals surface area contributed by atoms with Gasteiger partial charge in [0.1, 0.15) is 5.56 Å². The second-order valence-corrected chi connectivity index (χ2v) is 5.07. The maximum Gasteiger partial charge on any atom is 0.339 e. The maximum atomic E-state index is 11.3. The Morgan fingerprint density at radius 3 is 2.75 bits per heavy atom. The van der Waals surface area contributed by atoms with Gasteiger partial charge in [-0.25, -0.2) is 4.79 Å². The number of fused-ring (bicyclic) bond motifs is 1. The SMILES string of the molecule is CCC(C)(O)CNc1c(C(=O)O)cnc2ccccc12. The summed E-state index contributed by atoms with van der Waals surface area (Å²) in [6.07, 6.45) is 1.92. The molecular formula is C15H18N2O3. The minimum absolute atomic E-state index is 0.107. The van der Waals surface area contributed by atoms with Crippen molar-refractivity contribution < 1.29 is 15.0 Å². The first-order valence-electron chi connectivity index (χ1n) is 6.52. The van der Waals surface area contributed by atoms with Gasteiger partial charge in [-0.3, -0.25) is 4.98 Å². The van der Waals surface area contributed by atoms with Gasteiger partial charge in [0.25, 0.3) is 0 Å². The van der Waals surface area contributed by atoms with Crippen molar-refractivity contribution in [3.05, 3.63) is 36.0 Å².